The lowest BCUT2D eigenvalue weighted by atomic mass is 10.2. The summed E-state index contributed by atoms with van der Waals surface area (Å²) >= 11 is 0. The molecule has 1 fully saturated rings. The highest BCUT2D eigenvalue weighted by molar-refractivity contribution is 4.84. The van der Waals surface area contributed by atoms with E-state index in [1.54, 1.807) is 7.11 Å². The van der Waals surface area contributed by atoms with Gasteiger partial charge in [-0.2, -0.15) is 0 Å². The van der Waals surface area contributed by atoms with Crippen LogP contribution in [0, 0.1) is 0 Å². The highest BCUT2D eigenvalue weighted by Gasteiger charge is 2.24. The van der Waals surface area contributed by atoms with Gasteiger partial charge in [-0.25, -0.2) is 0 Å². The molecule has 0 amide bonds. The summed E-state index contributed by atoms with van der Waals surface area (Å²) in [5.74, 6) is 0. The van der Waals surface area contributed by atoms with E-state index in [4.69, 9.17) is 4.74 Å². The number of likely N-dealkylation sites (N-methyl/N-ethyl adjacent to an activating group) is 1. The molecule has 3 heteroatoms. The van der Waals surface area contributed by atoms with Crippen LogP contribution < -0.4 is 5.32 Å². The molecule has 0 aromatic rings. The molecule has 0 radical (unpaired) electrons. The largest absolute Gasteiger partial charge is 0.380 e. The predicted molar refractivity (Wildman–Crippen MR) is 59.6 cm³/mol. The van der Waals surface area contributed by atoms with Crippen LogP contribution in [0.5, 0.6) is 0 Å². The fourth-order valence-corrected chi connectivity index (χ4v) is 2.11. The number of nitrogens with zero attached hydrogens (tertiary/aromatic N) is 1. The molecule has 1 aliphatic rings. The van der Waals surface area contributed by atoms with E-state index >= 15 is 0 Å². The Balaban J connectivity index is 2.22. The van der Waals surface area contributed by atoms with Crippen LogP contribution in [0.25, 0.3) is 0 Å². The minimum atomic E-state index is 0.431. The van der Waals surface area contributed by atoms with Gasteiger partial charge in [-0.1, -0.05) is 13.8 Å². The van der Waals surface area contributed by atoms with Crippen LogP contribution >= 0.6 is 0 Å². The lowest BCUT2D eigenvalue weighted by Crippen LogP contribution is -2.37. The van der Waals surface area contributed by atoms with Gasteiger partial charge in [0.05, 0.1) is 6.10 Å². The van der Waals surface area contributed by atoms with Crippen LogP contribution in [-0.4, -0.2) is 50.3 Å². The zero-order valence-electron chi connectivity index (χ0n) is 9.75. The van der Waals surface area contributed by atoms with Gasteiger partial charge in [0.2, 0.25) is 0 Å². The van der Waals surface area contributed by atoms with E-state index in [2.05, 4.69) is 24.1 Å². The molecule has 2 unspecified atom stereocenters. The van der Waals surface area contributed by atoms with E-state index < -0.39 is 0 Å². The molecule has 0 bridgehead atoms. The van der Waals surface area contributed by atoms with Crippen LogP contribution in [-0.2, 0) is 4.74 Å². The fourth-order valence-electron chi connectivity index (χ4n) is 2.11. The quantitative estimate of drug-likeness (QED) is 0.695. The van der Waals surface area contributed by atoms with Crippen LogP contribution in [0.3, 0.4) is 0 Å². The van der Waals surface area contributed by atoms with E-state index in [0.717, 1.165) is 19.5 Å². The highest BCUT2D eigenvalue weighted by atomic mass is 16.5. The number of methoxy groups -OCH3 is 1. The van der Waals surface area contributed by atoms with E-state index in [1.165, 1.54) is 19.5 Å². The van der Waals surface area contributed by atoms with Crippen LogP contribution in [0.1, 0.15) is 26.7 Å². The maximum atomic E-state index is 5.34. The lowest BCUT2D eigenvalue weighted by Gasteiger charge is -2.23. The van der Waals surface area contributed by atoms with E-state index in [-0.39, 0.29) is 0 Å². The molecule has 0 spiro atoms. The van der Waals surface area contributed by atoms with Crippen LogP contribution in [0.4, 0.5) is 0 Å². The molecule has 3 nitrogen and oxygen atoms in total. The van der Waals surface area contributed by atoms with E-state index in [0.29, 0.717) is 12.1 Å². The smallest absolute Gasteiger partial charge is 0.0711 e. The Morgan fingerprint density at radius 1 is 1.43 bits per heavy atom. The molecule has 0 aromatic carbocycles. The Bertz CT molecular complexity index is 152. The van der Waals surface area contributed by atoms with Crippen LogP contribution in [0.15, 0.2) is 0 Å². The van der Waals surface area contributed by atoms with E-state index in [9.17, 15) is 0 Å². The standard InChI is InChI=1S/C11H24N2O/c1-4-6-13(5-2)9-10-7-11(14-3)8-12-10/h10-12H,4-9H2,1-3H3. The maximum absolute atomic E-state index is 5.34. The number of hydrogen-bond donors (Lipinski definition) is 1. The average Bonchev–Trinajstić information content (AvgIpc) is 2.65. The highest BCUT2D eigenvalue weighted by Crippen LogP contribution is 2.10. The Morgan fingerprint density at radius 3 is 2.71 bits per heavy atom. The molecule has 1 heterocycles. The Morgan fingerprint density at radius 2 is 2.21 bits per heavy atom. The summed E-state index contributed by atoms with van der Waals surface area (Å²) in [6.07, 6.45) is 2.84. The molecular weight excluding hydrogens is 176 g/mol. The van der Waals surface area contributed by atoms with Crippen molar-refractivity contribution >= 4 is 0 Å². The lowest BCUT2D eigenvalue weighted by molar-refractivity contribution is 0.115. The van der Waals surface area contributed by atoms with Crippen molar-refractivity contribution in [3.8, 4) is 0 Å². The molecule has 1 saturated heterocycles. The third-order valence-corrected chi connectivity index (χ3v) is 2.98. The topological polar surface area (TPSA) is 24.5 Å². The van der Waals surface area contributed by atoms with Crippen molar-refractivity contribution in [3.63, 3.8) is 0 Å². The molecule has 0 aromatic heterocycles. The first-order valence-corrected chi connectivity index (χ1v) is 5.78. The van der Waals surface area contributed by atoms with Gasteiger partial charge in [-0.15, -0.1) is 0 Å². The Labute approximate surface area is 87.8 Å². The molecule has 1 rings (SSSR count). The molecule has 14 heavy (non-hydrogen) atoms. The summed E-state index contributed by atoms with van der Waals surface area (Å²) in [5.41, 5.74) is 0. The number of nitrogens with one attached hydrogen (secondary N) is 1. The fraction of sp³-hybridized carbons (Fsp3) is 1.00. The minimum absolute atomic E-state index is 0.431. The second kappa shape index (κ2) is 6.38. The first-order valence-electron chi connectivity index (χ1n) is 5.78. The van der Waals surface area contributed by atoms with Gasteiger partial charge in [0, 0.05) is 26.2 Å². The first kappa shape index (κ1) is 12.0. The normalized spacial score (nSPS) is 27.4. The predicted octanol–water partition coefficient (Wildman–Crippen LogP) is 1.10. The molecule has 0 aliphatic carbocycles. The Hall–Kier alpha value is -0.120. The van der Waals surface area contributed by atoms with Gasteiger partial charge in [0.1, 0.15) is 0 Å². The monoisotopic (exact) mass is 200 g/mol. The van der Waals surface area contributed by atoms with Crippen LogP contribution in [0.2, 0.25) is 0 Å². The second-order valence-corrected chi connectivity index (χ2v) is 4.09. The number of ether oxygens (including phenoxy) is 1. The van der Waals surface area contributed by atoms with Crippen molar-refractivity contribution in [3.05, 3.63) is 0 Å². The Kier molecular flexibility index (Phi) is 5.45. The summed E-state index contributed by atoms with van der Waals surface area (Å²) in [6, 6.07) is 0.631. The second-order valence-electron chi connectivity index (χ2n) is 4.09. The van der Waals surface area contributed by atoms with Crippen molar-refractivity contribution in [1.29, 1.82) is 0 Å². The molecule has 1 aliphatic heterocycles. The third kappa shape index (κ3) is 3.56. The molecule has 2 atom stereocenters. The first-order chi connectivity index (χ1) is 6.80. The summed E-state index contributed by atoms with van der Waals surface area (Å²) in [4.78, 5) is 2.51. The van der Waals surface area contributed by atoms with Crippen molar-refractivity contribution in [2.24, 2.45) is 0 Å². The number of rotatable bonds is 6. The molecular formula is C11H24N2O. The summed E-state index contributed by atoms with van der Waals surface area (Å²) in [6.45, 7) is 9.03. The van der Waals surface area contributed by atoms with Gasteiger partial charge in [-0.05, 0) is 25.9 Å². The van der Waals surface area contributed by atoms with Gasteiger partial charge in [0.15, 0.2) is 0 Å². The van der Waals surface area contributed by atoms with Gasteiger partial charge < -0.3 is 15.0 Å². The van der Waals surface area contributed by atoms with Gasteiger partial charge in [-0.3, -0.25) is 0 Å². The van der Waals surface area contributed by atoms with Crippen molar-refractivity contribution in [2.45, 2.75) is 38.8 Å². The van der Waals surface area contributed by atoms with Gasteiger partial charge in [0.25, 0.3) is 0 Å². The summed E-state index contributed by atoms with van der Waals surface area (Å²) < 4.78 is 5.34. The average molecular weight is 200 g/mol. The van der Waals surface area contributed by atoms with E-state index in [1.807, 2.05) is 0 Å². The molecule has 0 saturated carbocycles. The molecule has 1 N–H and O–H groups in total. The third-order valence-electron chi connectivity index (χ3n) is 2.98. The minimum Gasteiger partial charge on any atom is -0.380 e. The maximum Gasteiger partial charge on any atom is 0.0711 e. The summed E-state index contributed by atoms with van der Waals surface area (Å²) in [5, 5.41) is 3.51. The number of hydrogen-bond acceptors (Lipinski definition) is 3. The van der Waals surface area contributed by atoms with Crippen molar-refractivity contribution in [1.82, 2.24) is 10.2 Å². The van der Waals surface area contributed by atoms with Gasteiger partial charge >= 0.3 is 0 Å². The SMILES string of the molecule is CCCN(CC)CC1CC(OC)CN1. The molecule has 84 valence electrons. The summed E-state index contributed by atoms with van der Waals surface area (Å²) in [7, 11) is 1.80. The zero-order chi connectivity index (χ0) is 10.4. The van der Waals surface area contributed by atoms with Crippen molar-refractivity contribution < 1.29 is 4.74 Å². The van der Waals surface area contributed by atoms with Crippen molar-refractivity contribution in [2.75, 3.05) is 33.3 Å². The zero-order valence-corrected chi connectivity index (χ0v) is 9.75.